The fraction of sp³-hybridized carbons (Fsp3) is 0.167. The molecule has 0 fully saturated rings. The fourth-order valence-corrected chi connectivity index (χ4v) is 3.49. The van der Waals surface area contributed by atoms with Crippen molar-refractivity contribution in [1.82, 2.24) is 9.78 Å². The van der Waals surface area contributed by atoms with Gasteiger partial charge in [0.05, 0.1) is 18.4 Å². The van der Waals surface area contributed by atoms with Crippen LogP contribution in [0.5, 0.6) is 0 Å². The van der Waals surface area contributed by atoms with Crippen LogP contribution in [0, 0.1) is 13.8 Å². The van der Waals surface area contributed by atoms with E-state index >= 15 is 0 Å². The van der Waals surface area contributed by atoms with Crippen LogP contribution in [-0.2, 0) is 4.74 Å². The van der Waals surface area contributed by atoms with Crippen molar-refractivity contribution in [2.45, 2.75) is 13.8 Å². The SMILES string of the molecule is COC(=O)c1c(NC(=O)c2cccc(-n3cccn3)c2)sc(C)c1C. The number of aryl methyl sites for hydroxylation is 1. The minimum atomic E-state index is -0.456. The van der Waals surface area contributed by atoms with Crippen molar-refractivity contribution in [1.29, 1.82) is 0 Å². The minimum Gasteiger partial charge on any atom is -0.465 e. The second-order valence-electron chi connectivity index (χ2n) is 5.43. The lowest BCUT2D eigenvalue weighted by atomic mass is 10.1. The van der Waals surface area contributed by atoms with E-state index < -0.39 is 5.97 Å². The lowest BCUT2D eigenvalue weighted by molar-refractivity contribution is 0.0601. The Kier molecular flexibility index (Phi) is 4.67. The zero-order valence-corrected chi connectivity index (χ0v) is 14.9. The van der Waals surface area contributed by atoms with E-state index in [1.165, 1.54) is 18.4 Å². The van der Waals surface area contributed by atoms with Crippen LogP contribution in [0.1, 0.15) is 31.2 Å². The monoisotopic (exact) mass is 355 g/mol. The number of nitrogens with zero attached hydrogens (tertiary/aromatic N) is 2. The number of esters is 1. The van der Waals surface area contributed by atoms with Gasteiger partial charge in [-0.05, 0) is 43.7 Å². The first kappa shape index (κ1) is 16.9. The Bertz CT molecular complexity index is 929. The van der Waals surface area contributed by atoms with E-state index in [1.54, 1.807) is 35.3 Å². The predicted octanol–water partition coefficient (Wildman–Crippen LogP) is 3.59. The van der Waals surface area contributed by atoms with E-state index in [0.29, 0.717) is 16.1 Å². The Hall–Kier alpha value is -2.93. The molecule has 0 radical (unpaired) electrons. The molecule has 0 unspecified atom stereocenters. The van der Waals surface area contributed by atoms with Gasteiger partial charge in [0.1, 0.15) is 5.00 Å². The number of rotatable bonds is 4. The molecule has 1 N–H and O–H groups in total. The predicted molar refractivity (Wildman–Crippen MR) is 96.6 cm³/mol. The summed E-state index contributed by atoms with van der Waals surface area (Å²) in [6, 6.07) is 8.93. The maximum absolute atomic E-state index is 12.6. The van der Waals surface area contributed by atoms with Crippen LogP contribution in [0.4, 0.5) is 5.00 Å². The molecule has 1 aromatic carbocycles. The van der Waals surface area contributed by atoms with Crippen LogP contribution in [-0.4, -0.2) is 28.8 Å². The molecule has 2 aromatic heterocycles. The first-order valence-electron chi connectivity index (χ1n) is 7.61. The lowest BCUT2D eigenvalue weighted by Gasteiger charge is -2.08. The molecule has 3 rings (SSSR count). The molecule has 0 saturated heterocycles. The molecule has 0 bridgehead atoms. The molecule has 25 heavy (non-hydrogen) atoms. The Labute approximate surface area is 149 Å². The van der Waals surface area contributed by atoms with Gasteiger partial charge in [-0.1, -0.05) is 6.07 Å². The average Bonchev–Trinajstić information content (AvgIpc) is 3.24. The number of nitrogens with one attached hydrogen (secondary N) is 1. The standard InChI is InChI=1S/C18H17N3O3S/c1-11-12(2)25-17(15(11)18(23)24-3)20-16(22)13-6-4-7-14(10-13)21-9-5-8-19-21/h4-10H,1-3H3,(H,20,22). The van der Waals surface area contributed by atoms with E-state index in [4.69, 9.17) is 4.74 Å². The molecule has 0 spiro atoms. The topological polar surface area (TPSA) is 73.2 Å². The van der Waals surface area contributed by atoms with Gasteiger partial charge >= 0.3 is 5.97 Å². The van der Waals surface area contributed by atoms with Crippen molar-refractivity contribution < 1.29 is 14.3 Å². The fourth-order valence-electron chi connectivity index (χ4n) is 2.45. The quantitative estimate of drug-likeness (QED) is 0.726. The molecule has 7 heteroatoms. The summed E-state index contributed by atoms with van der Waals surface area (Å²) in [6.07, 6.45) is 3.48. The van der Waals surface area contributed by atoms with E-state index in [0.717, 1.165) is 16.1 Å². The summed E-state index contributed by atoms with van der Waals surface area (Å²) in [5.74, 6) is -0.747. The minimum absolute atomic E-state index is 0.291. The van der Waals surface area contributed by atoms with Gasteiger partial charge in [-0.2, -0.15) is 5.10 Å². The number of aromatic nitrogens is 2. The second kappa shape index (κ2) is 6.90. The zero-order valence-electron chi connectivity index (χ0n) is 14.1. The van der Waals surface area contributed by atoms with Gasteiger partial charge in [-0.15, -0.1) is 11.3 Å². The first-order valence-corrected chi connectivity index (χ1v) is 8.42. The zero-order chi connectivity index (χ0) is 18.0. The van der Waals surface area contributed by atoms with Crippen molar-refractivity contribution in [2.75, 3.05) is 12.4 Å². The summed E-state index contributed by atoms with van der Waals surface area (Å²) < 4.78 is 6.51. The molecule has 0 aliphatic heterocycles. The number of thiophene rings is 1. The summed E-state index contributed by atoms with van der Waals surface area (Å²) in [7, 11) is 1.33. The molecule has 0 aliphatic carbocycles. The van der Waals surface area contributed by atoms with Gasteiger partial charge in [0.25, 0.3) is 5.91 Å². The normalized spacial score (nSPS) is 10.5. The van der Waals surface area contributed by atoms with Gasteiger partial charge in [0, 0.05) is 22.8 Å². The Morgan fingerprint density at radius 1 is 1.24 bits per heavy atom. The highest BCUT2D eigenvalue weighted by Gasteiger charge is 2.22. The summed E-state index contributed by atoms with van der Waals surface area (Å²) in [6.45, 7) is 3.74. The number of hydrogen-bond donors (Lipinski definition) is 1. The van der Waals surface area contributed by atoms with Crippen molar-refractivity contribution >= 4 is 28.2 Å². The summed E-state index contributed by atoms with van der Waals surface area (Å²) >= 11 is 1.36. The largest absolute Gasteiger partial charge is 0.465 e. The second-order valence-corrected chi connectivity index (χ2v) is 6.66. The van der Waals surface area contributed by atoms with Gasteiger partial charge in [-0.3, -0.25) is 4.79 Å². The molecule has 3 aromatic rings. The molecule has 0 aliphatic rings. The highest BCUT2D eigenvalue weighted by Crippen LogP contribution is 2.33. The van der Waals surface area contributed by atoms with Gasteiger partial charge in [0.15, 0.2) is 0 Å². The van der Waals surface area contributed by atoms with Crippen molar-refractivity contribution in [3.63, 3.8) is 0 Å². The smallest absolute Gasteiger partial charge is 0.341 e. The number of benzene rings is 1. The van der Waals surface area contributed by atoms with E-state index in [1.807, 2.05) is 26.0 Å². The Morgan fingerprint density at radius 2 is 2.04 bits per heavy atom. The Morgan fingerprint density at radius 3 is 2.72 bits per heavy atom. The number of hydrogen-bond acceptors (Lipinski definition) is 5. The number of ether oxygens (including phenoxy) is 1. The van der Waals surface area contributed by atoms with Gasteiger partial charge in [-0.25, -0.2) is 9.48 Å². The molecular weight excluding hydrogens is 338 g/mol. The third kappa shape index (κ3) is 3.32. The highest BCUT2D eigenvalue weighted by atomic mass is 32.1. The summed E-state index contributed by atoms with van der Waals surface area (Å²) in [5.41, 5.74) is 2.48. The summed E-state index contributed by atoms with van der Waals surface area (Å²) in [5, 5.41) is 7.48. The third-order valence-electron chi connectivity index (χ3n) is 3.88. The molecule has 6 nitrogen and oxygen atoms in total. The van der Waals surface area contributed by atoms with Crippen LogP contribution in [0.3, 0.4) is 0 Å². The van der Waals surface area contributed by atoms with Crippen LogP contribution >= 0.6 is 11.3 Å². The van der Waals surface area contributed by atoms with Crippen molar-refractivity contribution in [2.24, 2.45) is 0 Å². The maximum Gasteiger partial charge on any atom is 0.341 e. The number of methoxy groups -OCH3 is 1. The van der Waals surface area contributed by atoms with Gasteiger partial charge in [0.2, 0.25) is 0 Å². The van der Waals surface area contributed by atoms with E-state index in [9.17, 15) is 9.59 Å². The van der Waals surface area contributed by atoms with Crippen molar-refractivity contribution in [3.8, 4) is 5.69 Å². The molecule has 128 valence electrons. The molecule has 0 atom stereocenters. The van der Waals surface area contributed by atoms with E-state index in [-0.39, 0.29) is 5.91 Å². The maximum atomic E-state index is 12.6. The first-order chi connectivity index (χ1) is 12.0. The van der Waals surface area contributed by atoms with Crippen molar-refractivity contribution in [3.05, 3.63) is 64.3 Å². The highest BCUT2D eigenvalue weighted by molar-refractivity contribution is 7.16. The molecule has 2 heterocycles. The number of amides is 1. The van der Waals surface area contributed by atoms with E-state index in [2.05, 4.69) is 10.4 Å². The average molecular weight is 355 g/mol. The van der Waals surface area contributed by atoms with Crippen LogP contribution < -0.4 is 5.32 Å². The molecule has 1 amide bonds. The molecule has 0 saturated carbocycles. The Balaban J connectivity index is 1.90. The molecular formula is C18H17N3O3S. The summed E-state index contributed by atoms with van der Waals surface area (Å²) in [4.78, 5) is 25.6. The van der Waals surface area contributed by atoms with Crippen LogP contribution in [0.2, 0.25) is 0 Å². The van der Waals surface area contributed by atoms with Gasteiger partial charge < -0.3 is 10.1 Å². The van der Waals surface area contributed by atoms with Crippen LogP contribution in [0.15, 0.2) is 42.7 Å². The number of anilines is 1. The van der Waals surface area contributed by atoms with Crippen LogP contribution in [0.25, 0.3) is 5.69 Å². The lowest BCUT2D eigenvalue weighted by Crippen LogP contribution is -2.14. The number of carbonyl (C=O) groups is 2. The third-order valence-corrected chi connectivity index (χ3v) is 5.00. The number of carbonyl (C=O) groups excluding carboxylic acids is 2.